The van der Waals surface area contributed by atoms with Crippen LogP contribution in [0.25, 0.3) is 0 Å². The first kappa shape index (κ1) is 21.0. The molecule has 0 radical (unpaired) electrons. The predicted molar refractivity (Wildman–Crippen MR) is 103 cm³/mol. The van der Waals surface area contributed by atoms with Crippen LogP contribution in [0.5, 0.6) is 0 Å². The highest BCUT2D eigenvalue weighted by Gasteiger charge is 2.34. The molecular weight excluding hydrogens is 280 g/mol. The Hall–Kier alpha value is -0.0400. The standard InChI is InChI=1S/C22H44O/c1-4-7-8-9-10-11-12-13-14-15-16-17-18-22(5-2,6-3)19-21-20-23-21/h21H,4-20H2,1-3H3. The number of rotatable bonds is 17. The predicted octanol–water partition coefficient (Wildman–Crippen LogP) is 7.67. The molecule has 1 nitrogen and oxygen atoms in total. The molecule has 0 bridgehead atoms. The van der Waals surface area contributed by atoms with E-state index >= 15 is 0 Å². The van der Waals surface area contributed by atoms with E-state index in [2.05, 4.69) is 20.8 Å². The third-order valence-electron chi connectivity index (χ3n) is 6.12. The normalized spacial score (nSPS) is 17.6. The Bertz CT molecular complexity index is 253. The molecule has 1 rings (SSSR count). The summed E-state index contributed by atoms with van der Waals surface area (Å²) in [6, 6.07) is 0. The van der Waals surface area contributed by atoms with Gasteiger partial charge in [-0.2, -0.15) is 0 Å². The maximum Gasteiger partial charge on any atom is 0.0815 e. The lowest BCUT2D eigenvalue weighted by molar-refractivity contribution is 0.185. The van der Waals surface area contributed by atoms with E-state index in [0.717, 1.165) is 6.61 Å². The van der Waals surface area contributed by atoms with Crippen molar-refractivity contribution in [1.82, 2.24) is 0 Å². The molecular formula is C22H44O. The average molecular weight is 325 g/mol. The SMILES string of the molecule is CCCCCCCCCCCCCCC(CC)(CC)CC1CO1. The smallest absolute Gasteiger partial charge is 0.0815 e. The Labute approximate surface area is 147 Å². The summed E-state index contributed by atoms with van der Waals surface area (Å²) in [6.07, 6.45) is 23.4. The number of epoxide rings is 1. The molecule has 0 aromatic carbocycles. The van der Waals surface area contributed by atoms with Crippen molar-refractivity contribution >= 4 is 0 Å². The summed E-state index contributed by atoms with van der Waals surface area (Å²) < 4.78 is 5.48. The summed E-state index contributed by atoms with van der Waals surface area (Å²) in [5.74, 6) is 0. The van der Waals surface area contributed by atoms with E-state index in [0.29, 0.717) is 11.5 Å². The van der Waals surface area contributed by atoms with Gasteiger partial charge in [0.05, 0.1) is 12.7 Å². The minimum atomic E-state index is 0.583. The van der Waals surface area contributed by atoms with Crippen molar-refractivity contribution in [3.63, 3.8) is 0 Å². The average Bonchev–Trinajstić information content (AvgIpc) is 3.38. The van der Waals surface area contributed by atoms with Gasteiger partial charge in [-0.3, -0.25) is 0 Å². The second kappa shape index (κ2) is 13.3. The molecule has 138 valence electrons. The molecule has 1 heterocycles. The third kappa shape index (κ3) is 10.4. The van der Waals surface area contributed by atoms with Crippen molar-refractivity contribution in [2.45, 2.75) is 130 Å². The van der Waals surface area contributed by atoms with Crippen molar-refractivity contribution in [1.29, 1.82) is 0 Å². The lowest BCUT2D eigenvalue weighted by atomic mass is 9.74. The van der Waals surface area contributed by atoms with E-state index in [9.17, 15) is 0 Å². The van der Waals surface area contributed by atoms with Crippen molar-refractivity contribution < 1.29 is 4.74 Å². The Balaban J connectivity index is 1.89. The summed E-state index contributed by atoms with van der Waals surface area (Å²) in [5, 5.41) is 0. The van der Waals surface area contributed by atoms with E-state index in [-0.39, 0.29) is 0 Å². The van der Waals surface area contributed by atoms with Gasteiger partial charge >= 0.3 is 0 Å². The number of ether oxygens (including phenoxy) is 1. The molecule has 1 heteroatoms. The number of hydrogen-bond acceptors (Lipinski definition) is 1. The molecule has 1 aliphatic heterocycles. The molecule has 0 aromatic heterocycles. The van der Waals surface area contributed by atoms with Crippen LogP contribution in [0.2, 0.25) is 0 Å². The van der Waals surface area contributed by atoms with Crippen molar-refractivity contribution in [3.8, 4) is 0 Å². The lowest BCUT2D eigenvalue weighted by Gasteiger charge is -2.31. The summed E-state index contributed by atoms with van der Waals surface area (Å²) >= 11 is 0. The van der Waals surface area contributed by atoms with Gasteiger partial charge in [-0.15, -0.1) is 0 Å². The fourth-order valence-corrected chi connectivity index (χ4v) is 4.00. The maximum atomic E-state index is 5.48. The molecule has 1 fully saturated rings. The van der Waals surface area contributed by atoms with Crippen LogP contribution in [0.3, 0.4) is 0 Å². The van der Waals surface area contributed by atoms with E-state index in [1.807, 2.05) is 0 Å². The molecule has 23 heavy (non-hydrogen) atoms. The highest BCUT2D eigenvalue weighted by atomic mass is 16.6. The Morgan fingerprint density at radius 3 is 1.52 bits per heavy atom. The highest BCUT2D eigenvalue weighted by molar-refractivity contribution is 4.84. The lowest BCUT2D eigenvalue weighted by Crippen LogP contribution is -2.21. The first-order chi connectivity index (χ1) is 11.3. The first-order valence-corrected chi connectivity index (χ1v) is 10.9. The van der Waals surface area contributed by atoms with Gasteiger partial charge in [-0.25, -0.2) is 0 Å². The Kier molecular flexibility index (Phi) is 12.1. The second-order valence-corrected chi connectivity index (χ2v) is 8.01. The van der Waals surface area contributed by atoms with Crippen molar-refractivity contribution in [3.05, 3.63) is 0 Å². The molecule has 1 saturated heterocycles. The summed E-state index contributed by atoms with van der Waals surface area (Å²) in [5.41, 5.74) is 0.583. The molecule has 1 atom stereocenters. The Morgan fingerprint density at radius 1 is 0.696 bits per heavy atom. The van der Waals surface area contributed by atoms with Gasteiger partial charge in [0.25, 0.3) is 0 Å². The fourth-order valence-electron chi connectivity index (χ4n) is 4.00. The fraction of sp³-hybridized carbons (Fsp3) is 1.00. The zero-order valence-corrected chi connectivity index (χ0v) is 16.5. The van der Waals surface area contributed by atoms with E-state index in [4.69, 9.17) is 4.74 Å². The van der Waals surface area contributed by atoms with Crippen molar-refractivity contribution in [2.75, 3.05) is 6.61 Å². The van der Waals surface area contributed by atoms with E-state index < -0.39 is 0 Å². The van der Waals surface area contributed by atoms with Gasteiger partial charge in [-0.05, 0) is 18.3 Å². The van der Waals surface area contributed by atoms with Gasteiger partial charge < -0.3 is 4.74 Å². The Morgan fingerprint density at radius 2 is 1.13 bits per heavy atom. The van der Waals surface area contributed by atoms with Crippen LogP contribution in [-0.2, 0) is 4.74 Å². The molecule has 1 unspecified atom stereocenters. The zero-order chi connectivity index (χ0) is 16.8. The van der Waals surface area contributed by atoms with E-state index in [1.165, 1.54) is 103 Å². The minimum Gasteiger partial charge on any atom is -0.373 e. The second-order valence-electron chi connectivity index (χ2n) is 8.01. The van der Waals surface area contributed by atoms with Crippen molar-refractivity contribution in [2.24, 2.45) is 5.41 Å². The zero-order valence-electron chi connectivity index (χ0n) is 16.5. The number of hydrogen-bond donors (Lipinski definition) is 0. The minimum absolute atomic E-state index is 0.583. The molecule has 0 aliphatic carbocycles. The van der Waals surface area contributed by atoms with Crippen LogP contribution in [0.1, 0.15) is 124 Å². The molecule has 1 aliphatic rings. The van der Waals surface area contributed by atoms with Crippen LogP contribution in [0.4, 0.5) is 0 Å². The summed E-state index contributed by atoms with van der Waals surface area (Å²) in [7, 11) is 0. The van der Waals surface area contributed by atoms with Crippen LogP contribution < -0.4 is 0 Å². The quantitative estimate of drug-likeness (QED) is 0.197. The van der Waals surface area contributed by atoms with Gasteiger partial charge in [-0.1, -0.05) is 111 Å². The number of unbranched alkanes of at least 4 members (excludes halogenated alkanes) is 11. The largest absolute Gasteiger partial charge is 0.373 e. The highest BCUT2D eigenvalue weighted by Crippen LogP contribution is 2.40. The molecule has 0 saturated carbocycles. The molecule has 0 amide bonds. The monoisotopic (exact) mass is 324 g/mol. The van der Waals surface area contributed by atoms with Crippen LogP contribution in [0.15, 0.2) is 0 Å². The summed E-state index contributed by atoms with van der Waals surface area (Å²) in [6.45, 7) is 8.09. The maximum absolute atomic E-state index is 5.48. The van der Waals surface area contributed by atoms with Crippen LogP contribution in [0, 0.1) is 5.41 Å². The van der Waals surface area contributed by atoms with Gasteiger partial charge in [0.15, 0.2) is 0 Å². The van der Waals surface area contributed by atoms with Crippen LogP contribution in [-0.4, -0.2) is 12.7 Å². The van der Waals surface area contributed by atoms with Gasteiger partial charge in [0.1, 0.15) is 0 Å². The van der Waals surface area contributed by atoms with Gasteiger partial charge in [0, 0.05) is 0 Å². The third-order valence-corrected chi connectivity index (χ3v) is 6.12. The van der Waals surface area contributed by atoms with Crippen LogP contribution >= 0.6 is 0 Å². The first-order valence-electron chi connectivity index (χ1n) is 10.9. The molecule has 0 spiro atoms. The topological polar surface area (TPSA) is 12.5 Å². The van der Waals surface area contributed by atoms with Gasteiger partial charge in [0.2, 0.25) is 0 Å². The molecule has 0 aromatic rings. The molecule has 0 N–H and O–H groups in total. The summed E-state index contributed by atoms with van der Waals surface area (Å²) in [4.78, 5) is 0. The van der Waals surface area contributed by atoms with E-state index in [1.54, 1.807) is 0 Å².